The Morgan fingerprint density at radius 3 is 1.15 bits per heavy atom. The summed E-state index contributed by atoms with van der Waals surface area (Å²) in [5, 5.41) is 41.2. The normalized spacial score (nSPS) is 17.8. The van der Waals surface area contributed by atoms with Gasteiger partial charge in [0.15, 0.2) is 51.5 Å². The highest BCUT2D eigenvalue weighted by molar-refractivity contribution is 5.96. The molecule has 105 heavy (non-hydrogen) atoms. The van der Waals surface area contributed by atoms with Gasteiger partial charge in [0, 0.05) is 147 Å². The zero-order valence-corrected chi connectivity index (χ0v) is 59.4. The van der Waals surface area contributed by atoms with Gasteiger partial charge in [-0.15, -0.1) is 15.3 Å². The van der Waals surface area contributed by atoms with Crippen LogP contribution in [0.5, 0.6) is 0 Å². The zero-order valence-electron chi connectivity index (χ0n) is 59.4. The molecule has 9 N–H and O–H groups in total. The molecule has 3 saturated heterocycles. The maximum atomic E-state index is 13.3. The number of pyridine rings is 3. The molecular weight excluding hydrogens is 1350 g/mol. The van der Waals surface area contributed by atoms with Crippen molar-refractivity contribution in [2.45, 2.75) is 140 Å². The molecule has 1 unspecified atom stereocenters. The number of fused-ring (bicyclic) bond motifs is 3. The summed E-state index contributed by atoms with van der Waals surface area (Å²) in [6.07, 6.45) is 17.0. The monoisotopic (exact) mass is 1440 g/mol. The van der Waals surface area contributed by atoms with Gasteiger partial charge in [-0.05, 0) is 113 Å². The summed E-state index contributed by atoms with van der Waals surface area (Å²) in [5.41, 5.74) is 5.11. The summed E-state index contributed by atoms with van der Waals surface area (Å²) in [6, 6.07) is 16.4. The van der Waals surface area contributed by atoms with Gasteiger partial charge in [-0.25, -0.2) is 37.3 Å². The van der Waals surface area contributed by atoms with E-state index in [0.717, 1.165) is 57.8 Å². The number of alkyl halides is 2. The van der Waals surface area contributed by atoms with E-state index in [1.54, 1.807) is 108 Å². The standard InChI is InChI=1S/2C24H30N8O3.C23H28F2N8O2/c1-14-11-18(14)28-23(34)20-13-26-22-19(25-3)12-21(29-32(20)22)27-17-5-4-8-31(24(17)35)16-6-9-30(10-7-16)15(2)33;1-3-21(33)30-11-8-16(9-12-30)31-10-4-5-17(24(31)35)28-20-13-18(25-2)22-26-14-19(32(22)29-20)23(34)27-15-6-7-15;1-26-17-11-20(30-33-18(12-27-21(17)33)22(34)28-14-4-5-14)29-16-3-2-8-32(23(16)35)15-6-9-31(10-7-15)13-19(24)25/h4-5,8,12-14,16,18,25H,6-7,9-11H2,1-3H3,(H,27,29)(H,28,34);4-5,10,13-16,25H,3,6-9,11-12H2,1-2H3,(H,27,34)(H,28,29);2-3,8,11-12,14-15,19,26H,4-7,9-10,13H2,1H3,(H,28,34)(H,29,30)/t14-,18?;;/m0../s1. The third kappa shape index (κ3) is 16.4. The van der Waals surface area contributed by atoms with Crippen molar-refractivity contribution in [1.29, 1.82) is 0 Å². The minimum atomic E-state index is -2.36. The molecule has 6 fully saturated rings. The maximum Gasteiger partial charge on any atom is 0.274 e. The van der Waals surface area contributed by atoms with Crippen LogP contribution >= 0.6 is 0 Å². The molecule has 554 valence electrons. The lowest BCUT2D eigenvalue weighted by atomic mass is 10.0. The number of aromatic nitrogens is 12. The SMILES string of the molecule is CCC(=O)N1CCC(n2cccc(Nc3cc(NC)c4ncc(C(=O)NC5CC5)n4n3)c2=O)CC1.CNc1cc(Nc2cccn(C3CCN(C(C)=O)CC3)c2=O)nn2c(C(=O)NC3C[C@@H]3C)cnc12.CNc1cc(Nc2cccn(C3CCN(CC(F)F)CC3)c2=O)nn2c(C(=O)NC3CC3)cnc12. The molecule has 12 heterocycles. The quantitative estimate of drug-likeness (QED) is 0.0365. The smallest absolute Gasteiger partial charge is 0.274 e. The highest BCUT2D eigenvalue weighted by Gasteiger charge is 2.36. The van der Waals surface area contributed by atoms with E-state index in [4.69, 9.17) is 0 Å². The van der Waals surface area contributed by atoms with Crippen LogP contribution in [0.2, 0.25) is 0 Å². The van der Waals surface area contributed by atoms with Crippen molar-refractivity contribution in [2.24, 2.45) is 5.92 Å². The fourth-order valence-electron chi connectivity index (χ4n) is 13.6. The number of nitrogens with one attached hydrogen (secondary N) is 9. The van der Waals surface area contributed by atoms with Crippen molar-refractivity contribution < 1.29 is 32.8 Å². The van der Waals surface area contributed by atoms with Crippen LogP contribution < -0.4 is 64.5 Å². The third-order valence-electron chi connectivity index (χ3n) is 20.0. The number of nitrogens with zero attached hydrogens (tertiary/aromatic N) is 15. The van der Waals surface area contributed by atoms with Gasteiger partial charge >= 0.3 is 0 Å². The number of likely N-dealkylation sites (tertiary alicyclic amines) is 3. The fourth-order valence-corrected chi connectivity index (χ4v) is 13.6. The zero-order chi connectivity index (χ0) is 73.7. The van der Waals surface area contributed by atoms with Gasteiger partial charge in [-0.1, -0.05) is 13.8 Å². The highest BCUT2D eigenvalue weighted by Crippen LogP contribution is 2.32. The molecule has 32 nitrogen and oxygen atoms in total. The first-order valence-corrected chi connectivity index (χ1v) is 35.9. The van der Waals surface area contributed by atoms with Crippen LogP contribution in [-0.2, 0) is 9.59 Å². The number of rotatable bonds is 21. The number of hydrogen-bond acceptors (Lipinski definition) is 21. The molecular formula is C71H88F2N24O8. The molecule has 34 heteroatoms. The number of piperidine rings is 3. The van der Waals surface area contributed by atoms with Gasteiger partial charge < -0.3 is 71.4 Å². The van der Waals surface area contributed by atoms with Crippen molar-refractivity contribution >= 4 is 98.1 Å². The fraction of sp³-hybridized carbons (Fsp3) is 0.465. The summed E-state index contributed by atoms with van der Waals surface area (Å²) >= 11 is 0. The number of anilines is 9. The Balaban J connectivity index is 0.000000140. The minimum Gasteiger partial charge on any atom is -0.385 e. The second-order valence-corrected chi connectivity index (χ2v) is 27.4. The molecule has 3 aliphatic heterocycles. The minimum absolute atomic E-state index is 0.0249. The van der Waals surface area contributed by atoms with E-state index in [1.165, 1.54) is 32.1 Å². The third-order valence-corrected chi connectivity index (χ3v) is 20.0. The van der Waals surface area contributed by atoms with Crippen LogP contribution in [0.25, 0.3) is 16.9 Å². The molecule has 9 aromatic rings. The molecule has 3 aliphatic carbocycles. The summed E-state index contributed by atoms with van der Waals surface area (Å²) in [4.78, 5) is 120. The van der Waals surface area contributed by atoms with E-state index in [2.05, 4.69) is 85.0 Å². The Bertz CT molecular complexity index is 4900. The van der Waals surface area contributed by atoms with E-state index in [0.29, 0.717) is 150 Å². The van der Waals surface area contributed by atoms with Gasteiger partial charge in [-0.3, -0.25) is 43.3 Å². The topological polar surface area (TPSA) is 360 Å². The van der Waals surface area contributed by atoms with Gasteiger partial charge in [0.2, 0.25) is 11.8 Å². The van der Waals surface area contributed by atoms with Gasteiger partial charge in [0.05, 0.1) is 42.2 Å². The Morgan fingerprint density at radius 2 is 0.838 bits per heavy atom. The average Bonchev–Trinajstić information content (AvgIpc) is 1.67. The first-order chi connectivity index (χ1) is 50.8. The molecule has 9 aromatic heterocycles. The first-order valence-electron chi connectivity index (χ1n) is 35.9. The van der Waals surface area contributed by atoms with Gasteiger partial charge in [0.25, 0.3) is 40.8 Å². The van der Waals surface area contributed by atoms with Crippen LogP contribution in [0.4, 0.5) is 60.4 Å². The van der Waals surface area contributed by atoms with E-state index in [1.807, 2.05) is 28.9 Å². The Kier molecular flexibility index (Phi) is 21.5. The Labute approximate surface area is 601 Å². The number of halogens is 2. The van der Waals surface area contributed by atoms with Crippen LogP contribution in [-0.4, -0.2) is 193 Å². The van der Waals surface area contributed by atoms with Crippen molar-refractivity contribution in [3.8, 4) is 0 Å². The van der Waals surface area contributed by atoms with Crippen molar-refractivity contribution in [1.82, 2.24) is 88.1 Å². The molecule has 0 radical (unpaired) electrons. The lowest BCUT2D eigenvalue weighted by molar-refractivity contribution is -0.132. The van der Waals surface area contributed by atoms with E-state index in [9.17, 15) is 47.1 Å². The predicted octanol–water partition coefficient (Wildman–Crippen LogP) is 6.61. The second kappa shape index (κ2) is 31.3. The molecule has 6 aliphatic rings. The number of carbonyl (C=O) groups is 5. The van der Waals surface area contributed by atoms with Gasteiger partial charge in [-0.2, -0.15) is 0 Å². The van der Waals surface area contributed by atoms with Crippen LogP contribution in [0.1, 0.15) is 147 Å². The van der Waals surface area contributed by atoms with Crippen molar-refractivity contribution in [2.75, 3.05) is 98.9 Å². The highest BCUT2D eigenvalue weighted by atomic mass is 19.3. The predicted molar refractivity (Wildman–Crippen MR) is 392 cm³/mol. The van der Waals surface area contributed by atoms with Crippen molar-refractivity contribution in [3.05, 3.63) is 140 Å². The second-order valence-electron chi connectivity index (χ2n) is 27.4. The number of imidazole rings is 3. The van der Waals surface area contributed by atoms with Crippen LogP contribution in [0.15, 0.2) is 106 Å². The summed E-state index contributed by atoms with van der Waals surface area (Å²) < 4.78 is 34.9. The molecule has 2 atom stereocenters. The van der Waals surface area contributed by atoms with E-state index < -0.39 is 6.43 Å². The molecule has 0 spiro atoms. The van der Waals surface area contributed by atoms with Crippen molar-refractivity contribution in [3.63, 3.8) is 0 Å². The lowest BCUT2D eigenvalue weighted by Crippen LogP contribution is -2.40. The van der Waals surface area contributed by atoms with Crippen LogP contribution in [0.3, 0.4) is 0 Å². The van der Waals surface area contributed by atoms with Crippen LogP contribution in [0, 0.1) is 5.92 Å². The van der Waals surface area contributed by atoms with E-state index in [-0.39, 0.29) is 89.0 Å². The average molecular weight is 1440 g/mol. The number of hydrogen-bond donors (Lipinski definition) is 9. The molecule has 3 saturated carbocycles. The summed E-state index contributed by atoms with van der Waals surface area (Å²) in [5.74, 6) is 1.21. The molecule has 0 bridgehead atoms. The summed E-state index contributed by atoms with van der Waals surface area (Å²) in [7, 11) is 5.28. The van der Waals surface area contributed by atoms with Gasteiger partial charge in [0.1, 0.15) is 17.1 Å². The first kappa shape index (κ1) is 72.0. The number of carbonyl (C=O) groups excluding carboxylic acids is 5. The number of amides is 5. The Morgan fingerprint density at radius 1 is 0.495 bits per heavy atom. The Hall–Kier alpha value is -11.3. The molecule has 15 rings (SSSR count). The lowest BCUT2D eigenvalue weighted by Gasteiger charge is -2.33. The van der Waals surface area contributed by atoms with E-state index >= 15 is 0 Å². The molecule has 0 aromatic carbocycles. The molecule has 5 amide bonds. The largest absolute Gasteiger partial charge is 0.385 e. The maximum absolute atomic E-state index is 13.3. The summed E-state index contributed by atoms with van der Waals surface area (Å²) in [6.45, 7) is 8.92.